The molecule has 0 radical (unpaired) electrons. The summed E-state index contributed by atoms with van der Waals surface area (Å²) in [7, 11) is 0. The Morgan fingerprint density at radius 2 is 2.19 bits per heavy atom. The third-order valence-corrected chi connectivity index (χ3v) is 4.02. The lowest BCUT2D eigenvalue weighted by Gasteiger charge is -2.36. The van der Waals surface area contributed by atoms with Crippen LogP contribution in [0.4, 0.5) is 8.78 Å². The number of hydrogen-bond donors (Lipinski definition) is 0. The molecule has 1 amide bonds. The van der Waals surface area contributed by atoms with Crippen LogP contribution in [0.1, 0.15) is 30.2 Å². The third kappa shape index (κ3) is 3.39. The molecule has 26 heavy (non-hydrogen) atoms. The lowest BCUT2D eigenvalue weighted by molar-refractivity contribution is -0.168. The SMILES string of the molecule is CCOc1ccccc1C(F)(F)C(=O)N1CCOC[C@@H]1c1noc(C)n1. The predicted molar refractivity (Wildman–Crippen MR) is 85.8 cm³/mol. The van der Waals surface area contributed by atoms with Crippen molar-refractivity contribution < 1.29 is 27.6 Å². The molecule has 1 atom stereocenters. The van der Waals surface area contributed by atoms with Crippen molar-refractivity contribution in [1.29, 1.82) is 0 Å². The van der Waals surface area contributed by atoms with Crippen LogP contribution in [0, 0.1) is 6.92 Å². The first-order valence-electron chi connectivity index (χ1n) is 8.24. The van der Waals surface area contributed by atoms with E-state index >= 15 is 8.78 Å². The van der Waals surface area contributed by atoms with E-state index in [1.54, 1.807) is 19.9 Å². The fraction of sp³-hybridized carbons (Fsp3) is 0.471. The summed E-state index contributed by atoms with van der Waals surface area (Å²) in [5.74, 6) is -4.70. The van der Waals surface area contributed by atoms with Gasteiger partial charge in [0.25, 0.3) is 5.91 Å². The van der Waals surface area contributed by atoms with E-state index in [9.17, 15) is 4.79 Å². The minimum atomic E-state index is -3.76. The van der Waals surface area contributed by atoms with Crippen LogP contribution in [0.25, 0.3) is 0 Å². The normalized spacial score (nSPS) is 18.0. The molecule has 0 unspecified atom stereocenters. The maximum absolute atomic E-state index is 15.0. The fourth-order valence-corrected chi connectivity index (χ4v) is 2.81. The number of hydrogen-bond acceptors (Lipinski definition) is 6. The average Bonchev–Trinajstić information content (AvgIpc) is 3.08. The molecule has 0 N–H and O–H groups in total. The van der Waals surface area contributed by atoms with Gasteiger partial charge < -0.3 is 18.9 Å². The van der Waals surface area contributed by atoms with Crippen LogP contribution in [0.3, 0.4) is 0 Å². The predicted octanol–water partition coefficient (Wildman–Crippen LogP) is 2.47. The molecule has 1 aliphatic rings. The van der Waals surface area contributed by atoms with E-state index < -0.39 is 23.4 Å². The number of halogens is 2. The Labute approximate surface area is 148 Å². The molecular formula is C17H19F2N3O4. The van der Waals surface area contributed by atoms with Crippen LogP contribution in [0.5, 0.6) is 5.75 Å². The fourth-order valence-electron chi connectivity index (χ4n) is 2.81. The second-order valence-electron chi connectivity index (χ2n) is 5.76. The number of rotatable bonds is 5. The quantitative estimate of drug-likeness (QED) is 0.808. The molecule has 9 heteroatoms. The zero-order valence-corrected chi connectivity index (χ0v) is 14.4. The summed E-state index contributed by atoms with van der Waals surface area (Å²) < 4.78 is 45.6. The van der Waals surface area contributed by atoms with E-state index in [2.05, 4.69) is 10.1 Å². The van der Waals surface area contributed by atoms with Gasteiger partial charge in [0.05, 0.1) is 25.4 Å². The lowest BCUT2D eigenvalue weighted by atomic mass is 10.0. The summed E-state index contributed by atoms with van der Waals surface area (Å²) in [4.78, 5) is 17.8. The van der Waals surface area contributed by atoms with Gasteiger partial charge in [0.2, 0.25) is 5.89 Å². The Kier molecular flexibility index (Phi) is 5.17. The summed E-state index contributed by atoms with van der Waals surface area (Å²) in [5, 5.41) is 3.74. The van der Waals surface area contributed by atoms with Gasteiger partial charge in [-0.1, -0.05) is 17.3 Å². The molecule has 2 heterocycles. The Bertz CT molecular complexity index is 781. The highest BCUT2D eigenvalue weighted by Gasteiger charge is 2.49. The number of carbonyl (C=O) groups is 1. The highest BCUT2D eigenvalue weighted by Crippen LogP contribution is 2.38. The van der Waals surface area contributed by atoms with E-state index in [0.29, 0.717) is 0 Å². The van der Waals surface area contributed by atoms with Crippen LogP contribution < -0.4 is 4.74 Å². The van der Waals surface area contributed by atoms with Crippen LogP contribution in [0.2, 0.25) is 0 Å². The van der Waals surface area contributed by atoms with Crippen molar-refractivity contribution in [2.45, 2.75) is 25.8 Å². The summed E-state index contributed by atoms with van der Waals surface area (Å²) >= 11 is 0. The van der Waals surface area contributed by atoms with Gasteiger partial charge in [0, 0.05) is 13.5 Å². The molecule has 3 rings (SSSR count). The minimum absolute atomic E-state index is 0.00345. The smallest absolute Gasteiger partial charge is 0.353 e. The highest BCUT2D eigenvalue weighted by molar-refractivity contribution is 5.86. The monoisotopic (exact) mass is 367 g/mol. The van der Waals surface area contributed by atoms with Crippen molar-refractivity contribution >= 4 is 5.91 Å². The number of benzene rings is 1. The summed E-state index contributed by atoms with van der Waals surface area (Å²) in [5.41, 5.74) is -0.471. The Hall–Kier alpha value is -2.55. The molecule has 0 bridgehead atoms. The largest absolute Gasteiger partial charge is 0.493 e. The van der Waals surface area contributed by atoms with Crippen molar-refractivity contribution in [1.82, 2.24) is 15.0 Å². The van der Waals surface area contributed by atoms with Gasteiger partial charge in [-0.15, -0.1) is 0 Å². The number of ether oxygens (including phenoxy) is 2. The van der Waals surface area contributed by atoms with E-state index in [1.807, 2.05) is 0 Å². The van der Waals surface area contributed by atoms with Crippen LogP contribution in [0.15, 0.2) is 28.8 Å². The number of aryl methyl sites for hydroxylation is 1. The number of para-hydroxylation sites is 1. The molecule has 1 saturated heterocycles. The molecule has 0 spiro atoms. The number of nitrogens with zero attached hydrogens (tertiary/aromatic N) is 3. The van der Waals surface area contributed by atoms with Crippen molar-refractivity contribution in [3.05, 3.63) is 41.5 Å². The second-order valence-corrected chi connectivity index (χ2v) is 5.76. The topological polar surface area (TPSA) is 77.7 Å². The molecule has 1 aromatic carbocycles. The van der Waals surface area contributed by atoms with Crippen molar-refractivity contribution in [2.24, 2.45) is 0 Å². The van der Waals surface area contributed by atoms with Crippen LogP contribution in [-0.4, -0.2) is 47.3 Å². The molecular weight excluding hydrogens is 348 g/mol. The molecule has 2 aromatic rings. The van der Waals surface area contributed by atoms with Gasteiger partial charge in [-0.25, -0.2) is 0 Å². The van der Waals surface area contributed by atoms with Gasteiger partial charge in [-0.2, -0.15) is 13.8 Å². The molecule has 140 valence electrons. The van der Waals surface area contributed by atoms with Gasteiger partial charge >= 0.3 is 5.92 Å². The molecule has 7 nitrogen and oxygen atoms in total. The molecule has 0 saturated carbocycles. The van der Waals surface area contributed by atoms with Gasteiger partial charge in [-0.3, -0.25) is 4.79 Å². The molecule has 0 aliphatic carbocycles. The zero-order valence-electron chi connectivity index (χ0n) is 14.4. The minimum Gasteiger partial charge on any atom is -0.493 e. The van der Waals surface area contributed by atoms with Crippen molar-refractivity contribution in [3.8, 4) is 5.75 Å². The van der Waals surface area contributed by atoms with Crippen molar-refractivity contribution in [2.75, 3.05) is 26.4 Å². The lowest BCUT2D eigenvalue weighted by Crippen LogP contribution is -2.49. The Morgan fingerprint density at radius 3 is 2.88 bits per heavy atom. The van der Waals surface area contributed by atoms with Gasteiger partial charge in [-0.05, 0) is 19.1 Å². The number of aromatic nitrogens is 2. The van der Waals surface area contributed by atoms with Crippen LogP contribution >= 0.6 is 0 Å². The summed E-state index contributed by atoms with van der Waals surface area (Å²) in [6.45, 7) is 3.66. The summed E-state index contributed by atoms with van der Waals surface area (Å²) in [6, 6.07) is 4.79. The number of carbonyl (C=O) groups excluding carboxylic acids is 1. The van der Waals surface area contributed by atoms with E-state index in [0.717, 1.165) is 4.90 Å². The highest BCUT2D eigenvalue weighted by atomic mass is 19.3. The molecule has 1 fully saturated rings. The average molecular weight is 367 g/mol. The summed E-state index contributed by atoms with van der Waals surface area (Å²) in [6.07, 6.45) is 0. The van der Waals surface area contributed by atoms with E-state index in [4.69, 9.17) is 14.0 Å². The van der Waals surface area contributed by atoms with Gasteiger partial charge in [0.15, 0.2) is 5.82 Å². The van der Waals surface area contributed by atoms with Gasteiger partial charge in [0.1, 0.15) is 11.8 Å². The number of alkyl halides is 2. The number of amides is 1. The van der Waals surface area contributed by atoms with E-state index in [1.165, 1.54) is 18.2 Å². The third-order valence-electron chi connectivity index (χ3n) is 4.02. The van der Waals surface area contributed by atoms with E-state index in [-0.39, 0.29) is 43.8 Å². The van der Waals surface area contributed by atoms with Crippen molar-refractivity contribution in [3.63, 3.8) is 0 Å². The number of morpholine rings is 1. The second kappa shape index (κ2) is 7.36. The maximum atomic E-state index is 15.0. The Morgan fingerprint density at radius 1 is 1.42 bits per heavy atom. The zero-order chi connectivity index (χ0) is 18.7. The first kappa shape index (κ1) is 18.2. The van der Waals surface area contributed by atoms with Crippen LogP contribution in [-0.2, 0) is 15.5 Å². The first-order valence-corrected chi connectivity index (χ1v) is 8.24. The Balaban J connectivity index is 1.92. The molecule has 1 aliphatic heterocycles. The standard InChI is InChI=1S/C17H19F2N3O4/c1-3-25-14-7-5-4-6-12(14)17(18,19)16(23)22-8-9-24-10-13(22)15-20-11(2)26-21-15/h4-7,13H,3,8-10H2,1-2H3/t13-/m1/s1. The maximum Gasteiger partial charge on any atom is 0.353 e. The first-order chi connectivity index (χ1) is 12.4. The molecule has 1 aromatic heterocycles.